The molecule has 7 nitrogen and oxygen atoms in total. The standard InChI is InChI=1S/C26H28F3NO6/c1-14-17(15(2)30-18(14)20(31)34-13-16-9-7-6-8-10-16)19(26(27,28)29)35-22(33)25-12-11-24(5,21(32)36-25)23(25,3)4/h6-10,19,30H,11-13H2,1-5H3/t19-,24+,25-/m1/s1. The van der Waals surface area contributed by atoms with Crippen LogP contribution in [0.4, 0.5) is 13.2 Å². The summed E-state index contributed by atoms with van der Waals surface area (Å²) in [6.07, 6.45) is -7.31. The number of fused-ring (bicyclic) bond motifs is 2. The number of benzene rings is 1. The Morgan fingerprint density at radius 3 is 2.28 bits per heavy atom. The maximum atomic E-state index is 14.3. The quantitative estimate of drug-likeness (QED) is 0.424. The third kappa shape index (κ3) is 3.69. The van der Waals surface area contributed by atoms with Crippen molar-refractivity contribution in [2.75, 3.05) is 0 Å². The fourth-order valence-electron chi connectivity index (χ4n) is 5.35. The molecule has 10 heteroatoms. The largest absolute Gasteiger partial charge is 0.456 e. The first-order valence-electron chi connectivity index (χ1n) is 11.6. The van der Waals surface area contributed by atoms with Crippen LogP contribution in [0.2, 0.25) is 0 Å². The highest BCUT2D eigenvalue weighted by Gasteiger charge is 2.77. The molecule has 1 aliphatic carbocycles. The lowest BCUT2D eigenvalue weighted by Gasteiger charge is -2.35. The topological polar surface area (TPSA) is 94.7 Å². The molecule has 2 fully saturated rings. The highest BCUT2D eigenvalue weighted by Crippen LogP contribution is 2.66. The first-order chi connectivity index (χ1) is 16.7. The van der Waals surface area contributed by atoms with E-state index >= 15 is 0 Å². The first kappa shape index (κ1) is 25.8. The van der Waals surface area contributed by atoms with E-state index in [0.29, 0.717) is 12.0 Å². The zero-order chi connectivity index (χ0) is 26.7. The van der Waals surface area contributed by atoms with Crippen LogP contribution in [0.1, 0.15) is 72.6 Å². The molecule has 1 aliphatic heterocycles. The van der Waals surface area contributed by atoms with E-state index in [0.717, 1.165) is 0 Å². The van der Waals surface area contributed by atoms with Crippen molar-refractivity contribution in [1.29, 1.82) is 0 Å². The van der Waals surface area contributed by atoms with E-state index in [1.807, 2.05) is 0 Å². The molecule has 0 radical (unpaired) electrons. The number of esters is 3. The summed E-state index contributed by atoms with van der Waals surface area (Å²) in [6, 6.07) is 8.82. The van der Waals surface area contributed by atoms with E-state index < -0.39 is 46.6 Å². The molecule has 2 heterocycles. The average molecular weight is 508 g/mol. The average Bonchev–Trinajstić information content (AvgIpc) is 3.27. The fourth-order valence-corrected chi connectivity index (χ4v) is 5.35. The zero-order valence-electron chi connectivity index (χ0n) is 20.7. The van der Waals surface area contributed by atoms with Gasteiger partial charge in [-0.3, -0.25) is 4.79 Å². The molecule has 1 aromatic heterocycles. The number of alkyl halides is 3. The summed E-state index contributed by atoms with van der Waals surface area (Å²) in [5.41, 5.74) is -3.77. The molecular weight excluding hydrogens is 479 g/mol. The normalized spacial score (nSPS) is 25.4. The van der Waals surface area contributed by atoms with Crippen LogP contribution < -0.4 is 0 Å². The van der Waals surface area contributed by atoms with Crippen LogP contribution in [0.25, 0.3) is 0 Å². The molecule has 4 rings (SSSR count). The van der Waals surface area contributed by atoms with Gasteiger partial charge in [0.2, 0.25) is 11.7 Å². The number of rotatable bonds is 6. The molecule has 2 aliphatic rings. The van der Waals surface area contributed by atoms with Gasteiger partial charge in [0.15, 0.2) is 0 Å². The number of hydrogen-bond acceptors (Lipinski definition) is 6. The lowest BCUT2D eigenvalue weighted by molar-refractivity contribution is -0.236. The maximum Gasteiger partial charge on any atom is 0.429 e. The SMILES string of the molecule is Cc1[nH]c(C(=O)OCc2ccccc2)c(C)c1[C@@H](OC(=O)[C@@]12CC[C@@](C)(C(=O)O1)C2(C)C)C(F)(F)F. The Morgan fingerprint density at radius 2 is 1.75 bits per heavy atom. The van der Waals surface area contributed by atoms with Gasteiger partial charge >= 0.3 is 24.1 Å². The number of hydrogen-bond donors (Lipinski definition) is 1. The molecule has 2 aromatic rings. The second kappa shape index (κ2) is 8.38. The van der Waals surface area contributed by atoms with Crippen molar-refractivity contribution in [1.82, 2.24) is 4.98 Å². The van der Waals surface area contributed by atoms with Crippen LogP contribution in [-0.2, 0) is 30.4 Å². The van der Waals surface area contributed by atoms with Gasteiger partial charge in [-0.2, -0.15) is 13.2 Å². The molecule has 0 unspecified atom stereocenters. The molecule has 1 saturated carbocycles. The molecule has 36 heavy (non-hydrogen) atoms. The summed E-state index contributed by atoms with van der Waals surface area (Å²) in [5, 5.41) is 0. The number of aryl methyl sites for hydroxylation is 1. The summed E-state index contributed by atoms with van der Waals surface area (Å²) in [7, 11) is 0. The molecule has 0 spiro atoms. The second-order valence-corrected chi connectivity index (χ2v) is 10.2. The van der Waals surface area contributed by atoms with Crippen LogP contribution >= 0.6 is 0 Å². The smallest absolute Gasteiger partial charge is 0.429 e. The molecule has 1 N–H and O–H groups in total. The van der Waals surface area contributed by atoms with E-state index in [-0.39, 0.29) is 35.5 Å². The third-order valence-electron chi connectivity index (χ3n) is 8.11. The number of carbonyl (C=O) groups is 3. The number of aromatic nitrogens is 1. The Bertz CT molecular complexity index is 1220. The van der Waals surface area contributed by atoms with Crippen molar-refractivity contribution in [3.05, 3.63) is 58.4 Å². The molecule has 1 aromatic carbocycles. The summed E-state index contributed by atoms with van der Waals surface area (Å²) in [4.78, 5) is 41.1. The van der Waals surface area contributed by atoms with Gasteiger partial charge in [-0.25, -0.2) is 9.59 Å². The van der Waals surface area contributed by atoms with E-state index in [1.165, 1.54) is 13.8 Å². The lowest BCUT2D eigenvalue weighted by atomic mass is 9.66. The lowest BCUT2D eigenvalue weighted by Crippen LogP contribution is -2.50. The van der Waals surface area contributed by atoms with E-state index in [2.05, 4.69) is 4.98 Å². The minimum Gasteiger partial charge on any atom is -0.456 e. The van der Waals surface area contributed by atoms with Gasteiger partial charge in [0.05, 0.1) is 5.41 Å². The Kier molecular flexibility index (Phi) is 6.00. The first-order valence-corrected chi connectivity index (χ1v) is 11.6. The Balaban J connectivity index is 1.62. The number of carbonyl (C=O) groups excluding carboxylic acids is 3. The van der Waals surface area contributed by atoms with Gasteiger partial charge in [-0.1, -0.05) is 44.2 Å². The van der Waals surface area contributed by atoms with Gasteiger partial charge in [0, 0.05) is 16.7 Å². The highest BCUT2D eigenvalue weighted by molar-refractivity contribution is 5.94. The molecule has 2 bridgehead atoms. The summed E-state index contributed by atoms with van der Waals surface area (Å²) in [5.74, 6) is -2.72. The Morgan fingerprint density at radius 1 is 1.11 bits per heavy atom. The zero-order valence-corrected chi connectivity index (χ0v) is 20.7. The van der Waals surface area contributed by atoms with Crippen molar-refractivity contribution in [3.8, 4) is 0 Å². The van der Waals surface area contributed by atoms with Crippen LogP contribution in [-0.4, -0.2) is 34.7 Å². The fraction of sp³-hybridized carbons (Fsp3) is 0.500. The van der Waals surface area contributed by atoms with E-state index in [9.17, 15) is 27.6 Å². The van der Waals surface area contributed by atoms with Gasteiger partial charge in [-0.15, -0.1) is 0 Å². The second-order valence-electron chi connectivity index (χ2n) is 10.2. The molecule has 0 amide bonds. The van der Waals surface area contributed by atoms with Gasteiger partial charge in [0.25, 0.3) is 0 Å². The minimum atomic E-state index is -5.00. The predicted octanol–water partition coefficient (Wildman–Crippen LogP) is 5.26. The maximum absolute atomic E-state index is 14.3. The molecule has 1 saturated heterocycles. The van der Waals surface area contributed by atoms with E-state index in [4.69, 9.17) is 14.2 Å². The number of nitrogens with one attached hydrogen (secondary N) is 1. The molecule has 3 atom stereocenters. The molecule has 194 valence electrons. The predicted molar refractivity (Wildman–Crippen MR) is 121 cm³/mol. The van der Waals surface area contributed by atoms with Crippen molar-refractivity contribution < 1.29 is 41.8 Å². The highest BCUT2D eigenvalue weighted by atomic mass is 19.4. The van der Waals surface area contributed by atoms with Gasteiger partial charge in [-0.05, 0) is 44.7 Å². The van der Waals surface area contributed by atoms with Gasteiger partial charge in [0.1, 0.15) is 12.3 Å². The van der Waals surface area contributed by atoms with Crippen LogP contribution in [0, 0.1) is 24.7 Å². The summed E-state index contributed by atoms with van der Waals surface area (Å²) < 4.78 is 58.5. The van der Waals surface area contributed by atoms with Crippen LogP contribution in [0.5, 0.6) is 0 Å². The number of halogens is 3. The number of aromatic amines is 1. The van der Waals surface area contributed by atoms with Crippen molar-refractivity contribution in [2.45, 2.75) is 71.9 Å². The third-order valence-corrected chi connectivity index (χ3v) is 8.11. The number of ether oxygens (including phenoxy) is 3. The number of H-pyrrole nitrogens is 1. The summed E-state index contributed by atoms with van der Waals surface area (Å²) >= 11 is 0. The summed E-state index contributed by atoms with van der Waals surface area (Å²) in [6.45, 7) is 7.52. The molecular formula is C26H28F3NO6. The van der Waals surface area contributed by atoms with Crippen molar-refractivity contribution >= 4 is 17.9 Å². The van der Waals surface area contributed by atoms with E-state index in [1.54, 1.807) is 51.1 Å². The van der Waals surface area contributed by atoms with Crippen molar-refractivity contribution in [3.63, 3.8) is 0 Å². The Hall–Kier alpha value is -3.30. The van der Waals surface area contributed by atoms with Gasteiger partial charge < -0.3 is 19.2 Å². The monoisotopic (exact) mass is 507 g/mol. The van der Waals surface area contributed by atoms with Crippen LogP contribution in [0.3, 0.4) is 0 Å². The minimum absolute atomic E-state index is 0.00530. The Labute approximate surface area is 206 Å². The van der Waals surface area contributed by atoms with Crippen molar-refractivity contribution in [2.24, 2.45) is 10.8 Å². The van der Waals surface area contributed by atoms with Crippen LogP contribution in [0.15, 0.2) is 30.3 Å².